The standard InChI is InChI=1S/C44H84O4/c1-2-3-4-5-6-7-8-9-10-11-13-17-20-23-26-29-32-35-38-41-44(47)48-42-39-36-33-30-27-24-21-18-15-12-14-16-19-22-25-28-31-34-37-40-43(45)46/h9-10H,2-8,11-42H2,1H3,(H,45,46). The maximum Gasteiger partial charge on any atom is 0.305 e. The van der Waals surface area contributed by atoms with Gasteiger partial charge in [-0.2, -0.15) is 0 Å². The number of unbranched alkanes of at least 4 members (excludes halogenated alkanes) is 33. The van der Waals surface area contributed by atoms with Crippen molar-refractivity contribution in [1.29, 1.82) is 0 Å². The summed E-state index contributed by atoms with van der Waals surface area (Å²) in [6.45, 7) is 2.90. The average molecular weight is 677 g/mol. The van der Waals surface area contributed by atoms with Crippen molar-refractivity contribution in [3.63, 3.8) is 0 Å². The minimum atomic E-state index is -0.660. The SMILES string of the molecule is CCCCCCCCC=CCCCCCCCCCCCC(=O)OCCCCCCCCCCCCCCCCCCCCCC(=O)O. The highest BCUT2D eigenvalue weighted by molar-refractivity contribution is 5.69. The van der Waals surface area contributed by atoms with Crippen LogP contribution in [0.4, 0.5) is 0 Å². The molecule has 0 aromatic rings. The number of esters is 1. The molecule has 0 radical (unpaired) electrons. The summed E-state index contributed by atoms with van der Waals surface area (Å²) in [6.07, 6.45) is 52.5. The Kier molecular flexibility index (Phi) is 40.7. The van der Waals surface area contributed by atoms with E-state index >= 15 is 0 Å². The molecule has 0 aromatic carbocycles. The second-order valence-electron chi connectivity index (χ2n) is 14.8. The molecule has 48 heavy (non-hydrogen) atoms. The molecule has 0 rings (SSSR count). The van der Waals surface area contributed by atoms with Gasteiger partial charge in [0.1, 0.15) is 0 Å². The molecular formula is C44H84O4. The van der Waals surface area contributed by atoms with Gasteiger partial charge in [-0.1, -0.05) is 205 Å². The van der Waals surface area contributed by atoms with Crippen LogP contribution in [-0.2, 0) is 14.3 Å². The Hall–Kier alpha value is -1.32. The summed E-state index contributed by atoms with van der Waals surface area (Å²) in [4.78, 5) is 22.5. The highest BCUT2D eigenvalue weighted by Gasteiger charge is 2.03. The van der Waals surface area contributed by atoms with E-state index in [1.807, 2.05) is 0 Å². The second kappa shape index (κ2) is 41.8. The maximum absolute atomic E-state index is 12.0. The van der Waals surface area contributed by atoms with Crippen molar-refractivity contribution in [3.8, 4) is 0 Å². The number of carbonyl (C=O) groups is 2. The van der Waals surface area contributed by atoms with Gasteiger partial charge >= 0.3 is 11.9 Å². The van der Waals surface area contributed by atoms with Crippen molar-refractivity contribution < 1.29 is 19.4 Å². The summed E-state index contributed by atoms with van der Waals surface area (Å²) in [5.41, 5.74) is 0. The molecule has 0 saturated heterocycles. The van der Waals surface area contributed by atoms with Crippen LogP contribution in [0.15, 0.2) is 12.2 Å². The molecule has 0 aliphatic rings. The number of rotatable bonds is 41. The number of carboxylic acid groups (broad SMARTS) is 1. The molecule has 0 aliphatic heterocycles. The average Bonchev–Trinajstić information content (AvgIpc) is 3.08. The highest BCUT2D eigenvalue weighted by atomic mass is 16.5. The van der Waals surface area contributed by atoms with Gasteiger partial charge in [-0.25, -0.2) is 0 Å². The van der Waals surface area contributed by atoms with Crippen molar-refractivity contribution in [2.75, 3.05) is 6.61 Å². The van der Waals surface area contributed by atoms with Crippen LogP contribution in [0.3, 0.4) is 0 Å². The lowest BCUT2D eigenvalue weighted by Crippen LogP contribution is -2.05. The summed E-state index contributed by atoms with van der Waals surface area (Å²) in [5, 5.41) is 8.65. The Morgan fingerprint density at radius 1 is 0.396 bits per heavy atom. The molecule has 0 heterocycles. The number of hydrogen-bond acceptors (Lipinski definition) is 3. The minimum Gasteiger partial charge on any atom is -0.481 e. The first-order chi connectivity index (χ1) is 23.7. The fraction of sp³-hybridized carbons (Fsp3) is 0.909. The van der Waals surface area contributed by atoms with Gasteiger partial charge < -0.3 is 9.84 Å². The molecule has 0 amide bonds. The zero-order chi connectivity index (χ0) is 34.9. The third-order valence-corrected chi connectivity index (χ3v) is 9.94. The quantitative estimate of drug-likeness (QED) is 0.0398. The highest BCUT2D eigenvalue weighted by Crippen LogP contribution is 2.16. The van der Waals surface area contributed by atoms with Crippen LogP contribution in [-0.4, -0.2) is 23.7 Å². The molecule has 0 aliphatic carbocycles. The molecule has 0 spiro atoms. The van der Waals surface area contributed by atoms with Crippen molar-refractivity contribution in [2.45, 2.75) is 251 Å². The van der Waals surface area contributed by atoms with Crippen LogP contribution in [0, 0.1) is 0 Å². The minimum absolute atomic E-state index is 0.0118. The van der Waals surface area contributed by atoms with Crippen LogP contribution in [0.25, 0.3) is 0 Å². The maximum atomic E-state index is 12.0. The Morgan fingerprint density at radius 2 is 0.688 bits per heavy atom. The van der Waals surface area contributed by atoms with Gasteiger partial charge in [-0.15, -0.1) is 0 Å². The lowest BCUT2D eigenvalue weighted by Gasteiger charge is -2.06. The first-order valence-electron chi connectivity index (χ1n) is 21.7. The van der Waals surface area contributed by atoms with Crippen LogP contribution >= 0.6 is 0 Å². The van der Waals surface area contributed by atoms with Crippen LogP contribution in [0.5, 0.6) is 0 Å². The topological polar surface area (TPSA) is 63.6 Å². The Balaban J connectivity index is 3.18. The van der Waals surface area contributed by atoms with Crippen molar-refractivity contribution in [1.82, 2.24) is 0 Å². The second-order valence-corrected chi connectivity index (χ2v) is 14.8. The van der Waals surface area contributed by atoms with Crippen molar-refractivity contribution in [2.24, 2.45) is 0 Å². The number of carboxylic acids is 1. The van der Waals surface area contributed by atoms with E-state index in [9.17, 15) is 9.59 Å². The van der Waals surface area contributed by atoms with Gasteiger partial charge in [0.05, 0.1) is 6.61 Å². The molecule has 0 aromatic heterocycles. The van der Waals surface area contributed by atoms with Crippen LogP contribution in [0.1, 0.15) is 251 Å². The fourth-order valence-corrected chi connectivity index (χ4v) is 6.69. The predicted octanol–water partition coefficient (Wildman–Crippen LogP) is 15.0. The van der Waals surface area contributed by atoms with E-state index in [-0.39, 0.29) is 5.97 Å². The number of allylic oxidation sites excluding steroid dienone is 2. The molecule has 0 unspecified atom stereocenters. The summed E-state index contributed by atoms with van der Waals surface area (Å²) < 4.78 is 5.46. The van der Waals surface area contributed by atoms with Gasteiger partial charge in [-0.05, 0) is 44.9 Å². The van der Waals surface area contributed by atoms with E-state index in [2.05, 4.69) is 19.1 Å². The van der Waals surface area contributed by atoms with E-state index in [1.54, 1.807) is 0 Å². The third-order valence-electron chi connectivity index (χ3n) is 9.94. The monoisotopic (exact) mass is 677 g/mol. The van der Waals surface area contributed by atoms with E-state index in [1.165, 1.54) is 205 Å². The van der Waals surface area contributed by atoms with Crippen LogP contribution < -0.4 is 0 Å². The molecule has 1 N–H and O–H groups in total. The van der Waals surface area contributed by atoms with Crippen LogP contribution in [0.2, 0.25) is 0 Å². The fourth-order valence-electron chi connectivity index (χ4n) is 6.69. The van der Waals surface area contributed by atoms with E-state index < -0.39 is 5.97 Å². The normalized spacial score (nSPS) is 11.5. The zero-order valence-electron chi connectivity index (χ0n) is 32.4. The molecule has 284 valence electrons. The zero-order valence-corrected chi connectivity index (χ0v) is 32.4. The predicted molar refractivity (Wildman–Crippen MR) is 209 cm³/mol. The first kappa shape index (κ1) is 46.7. The van der Waals surface area contributed by atoms with Gasteiger partial charge in [0.25, 0.3) is 0 Å². The Morgan fingerprint density at radius 3 is 1.04 bits per heavy atom. The summed E-state index contributed by atoms with van der Waals surface area (Å²) in [6, 6.07) is 0. The summed E-state index contributed by atoms with van der Waals surface area (Å²) >= 11 is 0. The Bertz CT molecular complexity index is 673. The van der Waals surface area contributed by atoms with Gasteiger partial charge in [0, 0.05) is 12.8 Å². The van der Waals surface area contributed by atoms with E-state index in [0.29, 0.717) is 19.4 Å². The number of aliphatic carboxylic acids is 1. The van der Waals surface area contributed by atoms with Crippen molar-refractivity contribution >= 4 is 11.9 Å². The summed E-state index contributed by atoms with van der Waals surface area (Å²) in [7, 11) is 0. The molecule has 4 nitrogen and oxygen atoms in total. The number of carbonyl (C=O) groups excluding carboxylic acids is 1. The lowest BCUT2D eigenvalue weighted by atomic mass is 10.0. The number of ether oxygens (including phenoxy) is 1. The molecule has 0 fully saturated rings. The molecular weight excluding hydrogens is 592 g/mol. The van der Waals surface area contributed by atoms with E-state index in [4.69, 9.17) is 9.84 Å². The summed E-state index contributed by atoms with van der Waals surface area (Å²) in [5.74, 6) is -0.648. The van der Waals surface area contributed by atoms with Crippen molar-refractivity contribution in [3.05, 3.63) is 12.2 Å². The molecule has 4 heteroatoms. The Labute approximate surface area is 300 Å². The van der Waals surface area contributed by atoms with E-state index in [0.717, 1.165) is 25.7 Å². The smallest absolute Gasteiger partial charge is 0.305 e. The van der Waals surface area contributed by atoms with Gasteiger partial charge in [-0.3, -0.25) is 9.59 Å². The molecule has 0 saturated carbocycles. The molecule has 0 atom stereocenters. The number of hydrogen-bond donors (Lipinski definition) is 1. The first-order valence-corrected chi connectivity index (χ1v) is 21.7. The lowest BCUT2D eigenvalue weighted by molar-refractivity contribution is -0.144. The largest absolute Gasteiger partial charge is 0.481 e. The van der Waals surface area contributed by atoms with Gasteiger partial charge in [0.15, 0.2) is 0 Å². The third kappa shape index (κ3) is 42.7. The molecule has 0 bridgehead atoms. The van der Waals surface area contributed by atoms with Gasteiger partial charge in [0.2, 0.25) is 0 Å².